The maximum Gasteiger partial charge on any atom is 0.187 e. The highest BCUT2D eigenvalue weighted by Crippen LogP contribution is 2.22. The number of nitrogens with one attached hydrogen (secondary N) is 1. The lowest BCUT2D eigenvalue weighted by molar-refractivity contribution is 0.562. The predicted molar refractivity (Wildman–Crippen MR) is 101 cm³/mol. The van der Waals surface area contributed by atoms with Gasteiger partial charge in [-0.3, -0.25) is 4.68 Å². The van der Waals surface area contributed by atoms with Gasteiger partial charge >= 0.3 is 0 Å². The van der Waals surface area contributed by atoms with Crippen molar-refractivity contribution >= 4 is 11.2 Å². The van der Waals surface area contributed by atoms with Crippen molar-refractivity contribution in [2.75, 3.05) is 13.1 Å². The van der Waals surface area contributed by atoms with Gasteiger partial charge in [0, 0.05) is 25.2 Å². The van der Waals surface area contributed by atoms with Gasteiger partial charge < -0.3 is 5.32 Å². The molecule has 1 aromatic carbocycles. The summed E-state index contributed by atoms with van der Waals surface area (Å²) >= 11 is 0. The van der Waals surface area contributed by atoms with Gasteiger partial charge in [-0.1, -0.05) is 17.3 Å². The third kappa shape index (κ3) is 3.08. The molecule has 1 atom stereocenters. The highest BCUT2D eigenvalue weighted by Gasteiger charge is 2.17. The van der Waals surface area contributed by atoms with E-state index in [0.717, 1.165) is 47.8 Å². The maximum absolute atomic E-state index is 4.74. The zero-order valence-corrected chi connectivity index (χ0v) is 15.1. The molecule has 0 radical (unpaired) electrons. The topological polar surface area (TPSA) is 86.3 Å². The summed E-state index contributed by atoms with van der Waals surface area (Å²) in [7, 11) is 1.92. The van der Waals surface area contributed by atoms with Gasteiger partial charge in [-0.05, 0) is 43.1 Å². The van der Waals surface area contributed by atoms with Crippen LogP contribution < -0.4 is 5.32 Å². The Morgan fingerprint density at radius 3 is 2.78 bits per heavy atom. The van der Waals surface area contributed by atoms with Gasteiger partial charge in [0.05, 0.1) is 18.1 Å². The van der Waals surface area contributed by atoms with E-state index in [0.29, 0.717) is 11.4 Å². The van der Waals surface area contributed by atoms with Crippen LogP contribution in [-0.2, 0) is 13.5 Å². The van der Waals surface area contributed by atoms with E-state index in [1.165, 1.54) is 6.42 Å². The Bertz CT molecular complexity index is 1070. The summed E-state index contributed by atoms with van der Waals surface area (Å²) in [5, 5.41) is 16.1. The van der Waals surface area contributed by atoms with Crippen molar-refractivity contribution < 1.29 is 0 Å². The van der Waals surface area contributed by atoms with E-state index in [2.05, 4.69) is 37.8 Å². The minimum absolute atomic E-state index is 0.602. The molecular formula is C19H20N8. The molecule has 5 rings (SSSR count). The first-order valence-electron chi connectivity index (χ1n) is 9.14. The molecule has 4 aromatic rings. The van der Waals surface area contributed by atoms with E-state index >= 15 is 0 Å². The van der Waals surface area contributed by atoms with Crippen molar-refractivity contribution in [1.29, 1.82) is 0 Å². The van der Waals surface area contributed by atoms with E-state index in [9.17, 15) is 0 Å². The molecule has 4 heterocycles. The monoisotopic (exact) mass is 360 g/mol. The second kappa shape index (κ2) is 6.55. The summed E-state index contributed by atoms with van der Waals surface area (Å²) in [6, 6.07) is 8.18. The molecule has 3 aromatic heterocycles. The number of benzene rings is 1. The molecule has 136 valence electrons. The molecular weight excluding hydrogens is 340 g/mol. The first-order chi connectivity index (χ1) is 13.3. The van der Waals surface area contributed by atoms with Crippen molar-refractivity contribution in [2.45, 2.75) is 12.8 Å². The minimum atomic E-state index is 0.602. The molecule has 0 aliphatic carbocycles. The van der Waals surface area contributed by atoms with E-state index in [4.69, 9.17) is 4.98 Å². The van der Waals surface area contributed by atoms with Crippen LogP contribution in [0.5, 0.6) is 0 Å². The average molecular weight is 360 g/mol. The average Bonchev–Trinajstić information content (AvgIpc) is 3.43. The second-order valence-corrected chi connectivity index (χ2v) is 7.01. The van der Waals surface area contributed by atoms with Gasteiger partial charge in [0.1, 0.15) is 5.82 Å². The molecule has 8 nitrogen and oxygen atoms in total. The van der Waals surface area contributed by atoms with Gasteiger partial charge in [-0.2, -0.15) is 9.78 Å². The summed E-state index contributed by atoms with van der Waals surface area (Å²) < 4.78 is 3.58. The molecule has 0 unspecified atom stereocenters. The molecule has 0 saturated carbocycles. The molecule has 8 heteroatoms. The van der Waals surface area contributed by atoms with Crippen molar-refractivity contribution in [3.05, 3.63) is 48.7 Å². The van der Waals surface area contributed by atoms with Crippen molar-refractivity contribution in [3.63, 3.8) is 0 Å². The van der Waals surface area contributed by atoms with Gasteiger partial charge in [0.15, 0.2) is 11.2 Å². The summed E-state index contributed by atoms with van der Waals surface area (Å²) in [4.78, 5) is 9.21. The summed E-state index contributed by atoms with van der Waals surface area (Å²) in [5.41, 5.74) is 4.58. The highest BCUT2D eigenvalue weighted by molar-refractivity contribution is 5.71. The van der Waals surface area contributed by atoms with Crippen LogP contribution in [0.4, 0.5) is 0 Å². The number of aryl methyl sites for hydroxylation is 1. The molecule has 0 amide bonds. The van der Waals surface area contributed by atoms with E-state index < -0.39 is 0 Å². The Kier molecular flexibility index (Phi) is 3.90. The number of aromatic nitrogens is 7. The lowest BCUT2D eigenvalue weighted by Gasteiger charge is -2.07. The van der Waals surface area contributed by atoms with E-state index in [1.807, 2.05) is 31.6 Å². The van der Waals surface area contributed by atoms with Crippen molar-refractivity contribution in [1.82, 2.24) is 40.1 Å². The Morgan fingerprint density at radius 1 is 1.15 bits per heavy atom. The maximum atomic E-state index is 4.74. The van der Waals surface area contributed by atoms with Crippen LogP contribution in [0, 0.1) is 5.92 Å². The molecule has 1 N–H and O–H groups in total. The Labute approximate surface area is 156 Å². The number of rotatable bonds is 4. The van der Waals surface area contributed by atoms with E-state index in [-0.39, 0.29) is 0 Å². The molecule has 0 spiro atoms. The number of nitrogens with zero attached hydrogens (tertiary/aromatic N) is 7. The Balaban J connectivity index is 1.46. The molecule has 0 bridgehead atoms. The Hall–Kier alpha value is -3.13. The summed E-state index contributed by atoms with van der Waals surface area (Å²) in [6.45, 7) is 2.12. The minimum Gasteiger partial charge on any atom is -0.316 e. The first kappa shape index (κ1) is 16.1. The molecule has 1 fully saturated rings. The summed E-state index contributed by atoms with van der Waals surface area (Å²) in [6.07, 6.45) is 7.69. The van der Waals surface area contributed by atoms with Gasteiger partial charge in [-0.15, -0.1) is 5.10 Å². The fourth-order valence-electron chi connectivity index (χ4n) is 3.55. The molecule has 1 aliphatic heterocycles. The molecule has 1 saturated heterocycles. The third-order valence-corrected chi connectivity index (χ3v) is 5.03. The lowest BCUT2D eigenvalue weighted by Crippen LogP contribution is -2.12. The van der Waals surface area contributed by atoms with Crippen LogP contribution in [0.25, 0.3) is 28.0 Å². The van der Waals surface area contributed by atoms with Gasteiger partial charge in [0.25, 0.3) is 0 Å². The third-order valence-electron chi connectivity index (χ3n) is 5.03. The fraction of sp³-hybridized carbons (Fsp3) is 0.316. The van der Waals surface area contributed by atoms with E-state index in [1.54, 1.807) is 15.6 Å². The largest absolute Gasteiger partial charge is 0.316 e. The van der Waals surface area contributed by atoms with Gasteiger partial charge in [-0.25, -0.2) is 9.97 Å². The Morgan fingerprint density at radius 2 is 2.04 bits per heavy atom. The lowest BCUT2D eigenvalue weighted by atomic mass is 10.0. The number of hydrogen-bond donors (Lipinski definition) is 1. The smallest absolute Gasteiger partial charge is 0.187 e. The number of hydrogen-bond acceptors (Lipinski definition) is 6. The predicted octanol–water partition coefficient (Wildman–Crippen LogP) is 1.76. The van der Waals surface area contributed by atoms with Crippen LogP contribution in [0.2, 0.25) is 0 Å². The van der Waals surface area contributed by atoms with Crippen molar-refractivity contribution in [3.8, 4) is 16.8 Å². The zero-order chi connectivity index (χ0) is 18.2. The van der Waals surface area contributed by atoms with Crippen LogP contribution in [0.3, 0.4) is 0 Å². The fourth-order valence-corrected chi connectivity index (χ4v) is 3.55. The van der Waals surface area contributed by atoms with Crippen LogP contribution >= 0.6 is 0 Å². The molecule has 1 aliphatic rings. The van der Waals surface area contributed by atoms with Crippen molar-refractivity contribution in [2.24, 2.45) is 13.0 Å². The normalized spacial score (nSPS) is 17.0. The van der Waals surface area contributed by atoms with Crippen LogP contribution in [0.15, 0.2) is 42.9 Å². The molecule has 27 heavy (non-hydrogen) atoms. The quantitative estimate of drug-likeness (QED) is 0.597. The number of fused-ring (bicyclic) bond motifs is 1. The van der Waals surface area contributed by atoms with Gasteiger partial charge in [0.2, 0.25) is 0 Å². The zero-order valence-electron chi connectivity index (χ0n) is 15.1. The second-order valence-electron chi connectivity index (χ2n) is 7.01. The highest BCUT2D eigenvalue weighted by atomic mass is 15.4. The van der Waals surface area contributed by atoms with Crippen LogP contribution in [-0.4, -0.2) is 47.8 Å². The summed E-state index contributed by atoms with van der Waals surface area (Å²) in [5.74, 6) is 1.46. The first-order valence-corrected chi connectivity index (χ1v) is 9.14. The standard InChI is InChI=1S/C19H20N8/c1-26-12-15(10-22-26)14-2-4-16(5-3-14)27-19-17(24-25-27)11-21-18(23-19)8-13-6-7-20-9-13/h2-5,10-13,20H,6-9H2,1H3/t13-/m0/s1. The SMILES string of the molecule is Cn1cc(-c2ccc(-n3nnc4cnc(C[C@@H]5CCNC5)nc43)cc2)cn1. The van der Waals surface area contributed by atoms with Crippen LogP contribution in [0.1, 0.15) is 12.2 Å².